The molecule has 0 bridgehead atoms. The standard InChI is InChI=1S/C25H36FN3O3/c1-3-27(4-2)24(31)14-22-25-19(13-23(30)28-11-7-8-12-28)16-29(21(25)17-32-22)15-18-9-5-6-10-20(18)26/h5-6,9-10,19,21-22,25H,3-4,7-8,11-17H2,1-2H3/t19-,21-,22+,25-/m1/s1. The molecular weight excluding hydrogens is 409 g/mol. The molecule has 3 fully saturated rings. The molecule has 0 aliphatic carbocycles. The molecule has 0 N–H and O–H groups in total. The molecule has 0 radical (unpaired) electrons. The minimum absolute atomic E-state index is 0.109. The highest BCUT2D eigenvalue weighted by Gasteiger charge is 2.51. The highest BCUT2D eigenvalue weighted by atomic mass is 19.1. The van der Waals surface area contributed by atoms with Crippen LogP contribution in [0.25, 0.3) is 0 Å². The van der Waals surface area contributed by atoms with E-state index in [1.54, 1.807) is 6.07 Å². The van der Waals surface area contributed by atoms with Crippen LogP contribution in [0, 0.1) is 17.7 Å². The van der Waals surface area contributed by atoms with Gasteiger partial charge in [-0.1, -0.05) is 18.2 Å². The van der Waals surface area contributed by atoms with Crippen molar-refractivity contribution in [2.45, 2.75) is 58.2 Å². The first-order valence-electron chi connectivity index (χ1n) is 12.2. The largest absolute Gasteiger partial charge is 0.376 e. The molecule has 4 atom stereocenters. The zero-order valence-corrected chi connectivity index (χ0v) is 19.3. The van der Waals surface area contributed by atoms with Crippen molar-refractivity contribution in [1.82, 2.24) is 14.7 Å². The van der Waals surface area contributed by atoms with Crippen LogP contribution in [0.4, 0.5) is 4.39 Å². The maximum absolute atomic E-state index is 14.3. The van der Waals surface area contributed by atoms with Crippen molar-refractivity contribution in [2.75, 3.05) is 39.3 Å². The first kappa shape index (κ1) is 23.2. The third kappa shape index (κ3) is 4.84. The van der Waals surface area contributed by atoms with Crippen LogP contribution in [0.3, 0.4) is 0 Å². The van der Waals surface area contributed by atoms with E-state index in [0.29, 0.717) is 44.6 Å². The molecule has 2 amide bonds. The quantitative estimate of drug-likeness (QED) is 0.618. The number of nitrogens with zero attached hydrogens (tertiary/aromatic N) is 3. The van der Waals surface area contributed by atoms with Gasteiger partial charge in [-0.3, -0.25) is 14.5 Å². The van der Waals surface area contributed by atoms with Gasteiger partial charge in [-0.2, -0.15) is 0 Å². The number of hydrogen-bond donors (Lipinski definition) is 0. The molecule has 1 aromatic rings. The van der Waals surface area contributed by atoms with Crippen LogP contribution in [0.15, 0.2) is 24.3 Å². The number of likely N-dealkylation sites (tertiary alicyclic amines) is 2. The van der Waals surface area contributed by atoms with Crippen LogP contribution in [-0.2, 0) is 20.9 Å². The van der Waals surface area contributed by atoms with Crippen LogP contribution in [0.5, 0.6) is 0 Å². The third-order valence-corrected chi connectivity index (χ3v) is 7.56. The van der Waals surface area contributed by atoms with Crippen LogP contribution >= 0.6 is 0 Å². The summed E-state index contributed by atoms with van der Waals surface area (Å²) in [5.41, 5.74) is 0.667. The number of amides is 2. The highest BCUT2D eigenvalue weighted by molar-refractivity contribution is 5.77. The third-order valence-electron chi connectivity index (χ3n) is 7.56. The predicted octanol–water partition coefficient (Wildman–Crippen LogP) is 2.91. The summed E-state index contributed by atoms with van der Waals surface area (Å²) < 4.78 is 20.5. The molecule has 0 unspecified atom stereocenters. The SMILES string of the molecule is CCN(CC)C(=O)C[C@@H]1OC[C@@H]2[C@H]1[C@H](CC(=O)N1CCCC1)CN2Cc1ccccc1F. The first-order valence-corrected chi connectivity index (χ1v) is 12.2. The lowest BCUT2D eigenvalue weighted by Crippen LogP contribution is -2.38. The normalized spacial score (nSPS) is 27.7. The Hall–Kier alpha value is -1.99. The first-order chi connectivity index (χ1) is 15.5. The van der Waals surface area contributed by atoms with Gasteiger partial charge in [0, 0.05) is 63.2 Å². The summed E-state index contributed by atoms with van der Waals surface area (Å²) >= 11 is 0. The van der Waals surface area contributed by atoms with Crippen molar-refractivity contribution in [3.8, 4) is 0 Å². The Morgan fingerprint density at radius 1 is 1.12 bits per heavy atom. The van der Waals surface area contributed by atoms with E-state index in [-0.39, 0.29) is 41.6 Å². The Balaban J connectivity index is 1.51. The van der Waals surface area contributed by atoms with Crippen LogP contribution in [-0.4, -0.2) is 78.0 Å². The molecule has 7 heteroatoms. The van der Waals surface area contributed by atoms with Crippen molar-refractivity contribution >= 4 is 11.8 Å². The zero-order valence-electron chi connectivity index (χ0n) is 19.3. The van der Waals surface area contributed by atoms with Gasteiger partial charge in [0.25, 0.3) is 0 Å². The number of halogens is 1. The minimum Gasteiger partial charge on any atom is -0.376 e. The topological polar surface area (TPSA) is 53.1 Å². The van der Waals surface area contributed by atoms with Gasteiger partial charge in [0.15, 0.2) is 0 Å². The number of benzene rings is 1. The summed E-state index contributed by atoms with van der Waals surface area (Å²) in [6, 6.07) is 6.99. The number of hydrogen-bond acceptors (Lipinski definition) is 4. The van der Waals surface area contributed by atoms with Crippen LogP contribution < -0.4 is 0 Å². The van der Waals surface area contributed by atoms with E-state index in [1.807, 2.05) is 35.8 Å². The molecule has 1 aromatic carbocycles. The summed E-state index contributed by atoms with van der Waals surface area (Å²) in [5.74, 6) is 0.357. The van der Waals surface area contributed by atoms with Crippen molar-refractivity contribution in [3.05, 3.63) is 35.6 Å². The van der Waals surface area contributed by atoms with Gasteiger partial charge >= 0.3 is 0 Å². The maximum atomic E-state index is 14.3. The smallest absolute Gasteiger partial charge is 0.225 e. The predicted molar refractivity (Wildman–Crippen MR) is 120 cm³/mol. The number of carbonyl (C=O) groups is 2. The molecule has 176 valence electrons. The molecule has 3 aliphatic rings. The second kappa shape index (κ2) is 10.3. The summed E-state index contributed by atoms with van der Waals surface area (Å²) in [6.45, 7) is 8.82. The van der Waals surface area contributed by atoms with Gasteiger partial charge in [-0.15, -0.1) is 0 Å². The molecule has 4 rings (SSSR count). The van der Waals surface area contributed by atoms with E-state index in [4.69, 9.17) is 4.74 Å². The molecule has 3 saturated heterocycles. The number of ether oxygens (including phenoxy) is 1. The monoisotopic (exact) mass is 445 g/mol. The summed E-state index contributed by atoms with van der Waals surface area (Å²) in [5, 5.41) is 0. The van der Waals surface area contributed by atoms with Gasteiger partial charge in [-0.05, 0) is 38.7 Å². The number of fused-ring (bicyclic) bond motifs is 1. The Kier molecular flexibility index (Phi) is 7.46. The molecule has 6 nitrogen and oxygen atoms in total. The molecule has 3 heterocycles. The molecular formula is C25H36FN3O3. The lowest BCUT2D eigenvalue weighted by atomic mass is 9.84. The second-order valence-corrected chi connectivity index (χ2v) is 9.36. The summed E-state index contributed by atoms with van der Waals surface area (Å²) in [7, 11) is 0. The molecule has 0 spiro atoms. The molecule has 0 aromatic heterocycles. The van der Waals surface area contributed by atoms with Crippen LogP contribution in [0.1, 0.15) is 45.1 Å². The Labute approximate surface area is 190 Å². The number of carbonyl (C=O) groups excluding carboxylic acids is 2. The lowest BCUT2D eigenvalue weighted by molar-refractivity contribution is -0.134. The van der Waals surface area contributed by atoms with Gasteiger partial charge in [0.1, 0.15) is 5.82 Å². The fraction of sp³-hybridized carbons (Fsp3) is 0.680. The van der Waals surface area contributed by atoms with Gasteiger partial charge in [0.05, 0.1) is 19.1 Å². The summed E-state index contributed by atoms with van der Waals surface area (Å²) in [4.78, 5) is 31.9. The fourth-order valence-corrected chi connectivity index (χ4v) is 5.84. The molecule has 3 aliphatic heterocycles. The van der Waals surface area contributed by atoms with Gasteiger partial charge in [0.2, 0.25) is 11.8 Å². The van der Waals surface area contributed by atoms with Gasteiger partial charge in [-0.25, -0.2) is 4.39 Å². The van der Waals surface area contributed by atoms with Crippen molar-refractivity contribution in [1.29, 1.82) is 0 Å². The minimum atomic E-state index is -0.201. The van der Waals surface area contributed by atoms with E-state index < -0.39 is 0 Å². The zero-order chi connectivity index (χ0) is 22.7. The van der Waals surface area contributed by atoms with E-state index in [2.05, 4.69) is 4.90 Å². The van der Waals surface area contributed by atoms with E-state index >= 15 is 0 Å². The fourth-order valence-electron chi connectivity index (χ4n) is 5.84. The van der Waals surface area contributed by atoms with E-state index in [9.17, 15) is 14.0 Å². The Morgan fingerprint density at radius 3 is 2.53 bits per heavy atom. The summed E-state index contributed by atoms with van der Waals surface area (Å²) in [6.07, 6.45) is 2.80. The van der Waals surface area contributed by atoms with Gasteiger partial charge < -0.3 is 14.5 Å². The van der Waals surface area contributed by atoms with Crippen molar-refractivity contribution < 1.29 is 18.7 Å². The van der Waals surface area contributed by atoms with Crippen molar-refractivity contribution in [2.24, 2.45) is 11.8 Å². The molecule has 32 heavy (non-hydrogen) atoms. The average molecular weight is 446 g/mol. The number of rotatable bonds is 8. The average Bonchev–Trinajstić information content (AvgIpc) is 3.51. The maximum Gasteiger partial charge on any atom is 0.225 e. The Bertz CT molecular complexity index is 809. The Morgan fingerprint density at radius 2 is 1.84 bits per heavy atom. The van der Waals surface area contributed by atoms with Crippen molar-refractivity contribution in [3.63, 3.8) is 0 Å². The second-order valence-electron chi connectivity index (χ2n) is 9.36. The van der Waals surface area contributed by atoms with E-state index in [0.717, 1.165) is 32.5 Å². The molecule has 0 saturated carbocycles. The van der Waals surface area contributed by atoms with E-state index in [1.165, 1.54) is 6.07 Å². The highest BCUT2D eigenvalue weighted by Crippen LogP contribution is 2.42. The van der Waals surface area contributed by atoms with Crippen LogP contribution in [0.2, 0.25) is 0 Å². The lowest BCUT2D eigenvalue weighted by Gasteiger charge is -2.26.